The molecule has 0 aromatic heterocycles. The van der Waals surface area contributed by atoms with Crippen molar-refractivity contribution in [3.05, 3.63) is 102 Å². The highest BCUT2D eigenvalue weighted by atomic mass is 19.1. The van der Waals surface area contributed by atoms with Crippen LogP contribution in [-0.2, 0) is 0 Å². The van der Waals surface area contributed by atoms with Crippen molar-refractivity contribution >= 4 is 27.8 Å². The second-order valence-electron chi connectivity index (χ2n) is 7.33. The minimum atomic E-state index is -0.702. The predicted molar refractivity (Wildman–Crippen MR) is 119 cm³/mol. The SMILES string of the molecule is O=Cc1cc2ccccc2c(-c2c(-c3c(F)cccc3F)ccc3ccccc23)c1O. The molecule has 0 radical (unpaired) electrons. The number of benzene rings is 5. The van der Waals surface area contributed by atoms with Crippen molar-refractivity contribution in [1.29, 1.82) is 0 Å². The van der Waals surface area contributed by atoms with E-state index in [-0.39, 0.29) is 16.9 Å². The van der Waals surface area contributed by atoms with Gasteiger partial charge in [-0.2, -0.15) is 0 Å². The second-order valence-corrected chi connectivity index (χ2v) is 7.33. The van der Waals surface area contributed by atoms with Gasteiger partial charge >= 0.3 is 0 Å². The molecule has 0 saturated heterocycles. The number of phenols is 1. The molecule has 5 rings (SSSR count). The number of hydrogen-bond acceptors (Lipinski definition) is 2. The topological polar surface area (TPSA) is 37.3 Å². The van der Waals surface area contributed by atoms with Gasteiger partial charge in [0.1, 0.15) is 17.4 Å². The quantitative estimate of drug-likeness (QED) is 0.322. The van der Waals surface area contributed by atoms with Crippen LogP contribution in [0.5, 0.6) is 5.75 Å². The molecule has 0 saturated carbocycles. The first-order chi connectivity index (χ1) is 15.1. The van der Waals surface area contributed by atoms with E-state index in [1.54, 1.807) is 18.2 Å². The zero-order chi connectivity index (χ0) is 21.5. The Kier molecular flexibility index (Phi) is 4.48. The Bertz CT molecular complexity index is 1470. The molecular weight excluding hydrogens is 394 g/mol. The van der Waals surface area contributed by atoms with E-state index in [4.69, 9.17) is 0 Å². The zero-order valence-corrected chi connectivity index (χ0v) is 16.3. The van der Waals surface area contributed by atoms with Gasteiger partial charge in [-0.1, -0.05) is 66.7 Å². The standard InChI is InChI=1S/C27H16F2O2/c28-22-10-5-11-23(29)25(22)21-13-12-16-6-1-3-8-19(16)24(21)26-20-9-4-2-7-17(20)14-18(15-30)27(26)31/h1-15,31H. The summed E-state index contributed by atoms with van der Waals surface area (Å²) in [5.41, 5.74) is 1.08. The van der Waals surface area contributed by atoms with E-state index in [2.05, 4.69) is 0 Å². The van der Waals surface area contributed by atoms with Crippen LogP contribution in [-0.4, -0.2) is 11.4 Å². The molecule has 0 spiro atoms. The third kappa shape index (κ3) is 2.96. The van der Waals surface area contributed by atoms with Gasteiger partial charge in [0, 0.05) is 11.1 Å². The van der Waals surface area contributed by atoms with Gasteiger partial charge in [0.05, 0.1) is 11.1 Å². The van der Waals surface area contributed by atoms with Crippen LogP contribution in [0, 0.1) is 11.6 Å². The van der Waals surface area contributed by atoms with E-state index in [0.29, 0.717) is 33.7 Å². The second kappa shape index (κ2) is 7.33. The molecule has 5 aromatic rings. The van der Waals surface area contributed by atoms with Gasteiger partial charge in [-0.15, -0.1) is 0 Å². The third-order valence-electron chi connectivity index (χ3n) is 5.59. The molecule has 2 nitrogen and oxygen atoms in total. The molecule has 5 aromatic carbocycles. The van der Waals surface area contributed by atoms with Crippen LogP contribution < -0.4 is 0 Å². The van der Waals surface area contributed by atoms with Crippen molar-refractivity contribution in [3.63, 3.8) is 0 Å². The van der Waals surface area contributed by atoms with Gasteiger partial charge in [-0.25, -0.2) is 8.78 Å². The summed E-state index contributed by atoms with van der Waals surface area (Å²) in [5.74, 6) is -1.62. The fourth-order valence-corrected chi connectivity index (χ4v) is 4.21. The summed E-state index contributed by atoms with van der Waals surface area (Å²) in [5, 5.41) is 14.1. The van der Waals surface area contributed by atoms with Crippen molar-refractivity contribution < 1.29 is 18.7 Å². The minimum absolute atomic E-state index is 0.113. The zero-order valence-electron chi connectivity index (χ0n) is 16.3. The molecule has 0 aliphatic rings. The van der Waals surface area contributed by atoms with Gasteiger partial charge in [0.25, 0.3) is 0 Å². The van der Waals surface area contributed by atoms with E-state index in [0.717, 1.165) is 10.8 Å². The number of carbonyl (C=O) groups is 1. The van der Waals surface area contributed by atoms with Gasteiger partial charge in [-0.3, -0.25) is 4.79 Å². The Balaban J connectivity index is 2.04. The maximum absolute atomic E-state index is 14.8. The van der Waals surface area contributed by atoms with Crippen LogP contribution in [0.1, 0.15) is 10.4 Å². The highest BCUT2D eigenvalue weighted by Gasteiger charge is 2.23. The Hall–Kier alpha value is -4.05. The number of halogens is 2. The molecule has 4 heteroatoms. The van der Waals surface area contributed by atoms with Gasteiger partial charge < -0.3 is 5.11 Å². The number of aldehydes is 1. The highest BCUT2D eigenvalue weighted by molar-refractivity contribution is 6.14. The van der Waals surface area contributed by atoms with Gasteiger partial charge in [0.2, 0.25) is 0 Å². The van der Waals surface area contributed by atoms with Crippen molar-refractivity contribution in [1.82, 2.24) is 0 Å². The molecule has 0 unspecified atom stereocenters. The summed E-state index contributed by atoms with van der Waals surface area (Å²) in [6, 6.07) is 23.5. The molecule has 0 atom stereocenters. The van der Waals surface area contributed by atoms with E-state index in [1.807, 2.05) is 48.5 Å². The maximum atomic E-state index is 14.8. The molecule has 0 fully saturated rings. The lowest BCUT2D eigenvalue weighted by molar-refractivity contribution is 0.112. The summed E-state index contributed by atoms with van der Waals surface area (Å²) >= 11 is 0. The average Bonchev–Trinajstić information content (AvgIpc) is 2.79. The average molecular weight is 410 g/mol. The normalized spacial score (nSPS) is 11.2. The van der Waals surface area contributed by atoms with Crippen molar-refractivity contribution in [2.24, 2.45) is 0 Å². The first-order valence-corrected chi connectivity index (χ1v) is 9.76. The predicted octanol–water partition coefficient (Wildman–Crippen LogP) is 7.12. The van der Waals surface area contributed by atoms with Gasteiger partial charge in [0.15, 0.2) is 6.29 Å². The molecule has 0 bridgehead atoms. The Labute approximate surface area is 177 Å². The lowest BCUT2D eigenvalue weighted by Crippen LogP contribution is -1.96. The monoisotopic (exact) mass is 410 g/mol. The van der Waals surface area contributed by atoms with E-state index >= 15 is 0 Å². The molecular formula is C27H16F2O2. The molecule has 150 valence electrons. The van der Waals surface area contributed by atoms with Crippen LogP contribution in [0.15, 0.2) is 84.9 Å². The number of carbonyl (C=O) groups excluding carboxylic acids is 1. The summed E-state index contributed by atoms with van der Waals surface area (Å²) in [6.07, 6.45) is 0.583. The highest BCUT2D eigenvalue weighted by Crippen LogP contribution is 2.47. The molecule has 31 heavy (non-hydrogen) atoms. The van der Waals surface area contributed by atoms with Crippen LogP contribution >= 0.6 is 0 Å². The van der Waals surface area contributed by atoms with Crippen LogP contribution in [0.25, 0.3) is 43.8 Å². The Morgan fingerprint density at radius 1 is 0.645 bits per heavy atom. The van der Waals surface area contributed by atoms with Crippen molar-refractivity contribution in [3.8, 4) is 28.0 Å². The molecule has 1 N–H and O–H groups in total. The summed E-state index contributed by atoms with van der Waals surface area (Å²) in [7, 11) is 0. The van der Waals surface area contributed by atoms with Crippen molar-refractivity contribution in [2.75, 3.05) is 0 Å². The Morgan fingerprint density at radius 2 is 1.26 bits per heavy atom. The van der Waals surface area contributed by atoms with E-state index in [9.17, 15) is 18.7 Å². The number of fused-ring (bicyclic) bond motifs is 2. The fourth-order valence-electron chi connectivity index (χ4n) is 4.21. The van der Waals surface area contributed by atoms with Crippen LogP contribution in [0.4, 0.5) is 8.78 Å². The largest absolute Gasteiger partial charge is 0.507 e. The molecule has 0 heterocycles. The summed E-state index contributed by atoms with van der Waals surface area (Å²) in [6.45, 7) is 0. The first kappa shape index (κ1) is 18.9. The molecule has 0 amide bonds. The third-order valence-corrected chi connectivity index (χ3v) is 5.59. The number of aromatic hydroxyl groups is 1. The lowest BCUT2D eigenvalue weighted by atomic mass is 9.85. The van der Waals surface area contributed by atoms with Crippen molar-refractivity contribution in [2.45, 2.75) is 0 Å². The minimum Gasteiger partial charge on any atom is -0.507 e. The lowest BCUT2D eigenvalue weighted by Gasteiger charge is -2.19. The van der Waals surface area contributed by atoms with Crippen LogP contribution in [0.3, 0.4) is 0 Å². The van der Waals surface area contributed by atoms with E-state index in [1.165, 1.54) is 18.2 Å². The molecule has 0 aliphatic heterocycles. The maximum Gasteiger partial charge on any atom is 0.153 e. The Morgan fingerprint density at radius 3 is 1.94 bits per heavy atom. The number of rotatable bonds is 3. The molecule has 0 aliphatic carbocycles. The number of hydrogen-bond donors (Lipinski definition) is 1. The summed E-state index contributed by atoms with van der Waals surface area (Å²) < 4.78 is 29.7. The number of phenolic OH excluding ortho intramolecular Hbond substituents is 1. The van der Waals surface area contributed by atoms with E-state index < -0.39 is 11.6 Å². The smallest absolute Gasteiger partial charge is 0.153 e. The first-order valence-electron chi connectivity index (χ1n) is 9.76. The fraction of sp³-hybridized carbons (Fsp3) is 0. The van der Waals surface area contributed by atoms with Crippen LogP contribution in [0.2, 0.25) is 0 Å². The van der Waals surface area contributed by atoms with Gasteiger partial charge in [-0.05, 0) is 45.3 Å². The summed E-state index contributed by atoms with van der Waals surface area (Å²) in [4.78, 5) is 11.7.